The van der Waals surface area contributed by atoms with E-state index < -0.39 is 0 Å². The van der Waals surface area contributed by atoms with E-state index in [9.17, 15) is 9.59 Å². The quantitative estimate of drug-likeness (QED) is 0.566. The lowest BCUT2D eigenvalue weighted by atomic mass is 10.2. The van der Waals surface area contributed by atoms with Crippen LogP contribution in [0.5, 0.6) is 0 Å². The van der Waals surface area contributed by atoms with Crippen molar-refractivity contribution in [2.75, 3.05) is 14.2 Å². The Kier molecular flexibility index (Phi) is 5.28. The molecule has 0 aromatic carbocycles. The Morgan fingerprint density at radius 2 is 2.25 bits per heavy atom. The van der Waals surface area contributed by atoms with Gasteiger partial charge in [-0.25, -0.2) is 0 Å². The molecule has 0 rings (SSSR count). The lowest BCUT2D eigenvalue weighted by Gasteiger charge is -2.14. The molecular formula is C8H15NO3. The zero-order chi connectivity index (χ0) is 9.56. The molecule has 0 N–H and O–H groups in total. The third kappa shape index (κ3) is 3.48. The van der Waals surface area contributed by atoms with Gasteiger partial charge in [-0.15, -0.1) is 0 Å². The van der Waals surface area contributed by atoms with Crippen molar-refractivity contribution in [1.82, 2.24) is 4.90 Å². The topological polar surface area (TPSA) is 46.6 Å². The molecule has 4 heteroatoms. The molecule has 70 valence electrons. The van der Waals surface area contributed by atoms with Gasteiger partial charge in [0.05, 0.1) is 12.5 Å². The molecule has 0 aromatic rings. The molecule has 2 amide bonds. The highest BCUT2D eigenvalue weighted by molar-refractivity contribution is 5.85. The third-order valence-corrected chi connectivity index (χ3v) is 1.74. The van der Waals surface area contributed by atoms with Crippen LogP contribution in [0, 0.1) is 0 Å². The zero-order valence-electron chi connectivity index (χ0n) is 7.74. The average Bonchev–Trinajstić information content (AvgIpc) is 2.12. The molecular weight excluding hydrogens is 158 g/mol. The van der Waals surface area contributed by atoms with Gasteiger partial charge in [-0.2, -0.15) is 0 Å². The second-order valence-corrected chi connectivity index (χ2v) is 2.58. The Bertz CT molecular complexity index is 154. The van der Waals surface area contributed by atoms with Gasteiger partial charge in [-0.1, -0.05) is 6.92 Å². The number of rotatable bonds is 5. The van der Waals surface area contributed by atoms with Crippen molar-refractivity contribution in [3.05, 3.63) is 0 Å². The SMILES string of the molecule is CCC(CC(=O)N(C)C=O)OC. The highest BCUT2D eigenvalue weighted by Crippen LogP contribution is 2.03. The summed E-state index contributed by atoms with van der Waals surface area (Å²) >= 11 is 0. The molecule has 0 aliphatic carbocycles. The molecule has 4 nitrogen and oxygen atoms in total. The van der Waals surface area contributed by atoms with E-state index in [-0.39, 0.29) is 18.4 Å². The van der Waals surface area contributed by atoms with Crippen LogP contribution in [0.3, 0.4) is 0 Å². The zero-order valence-corrected chi connectivity index (χ0v) is 7.74. The lowest BCUT2D eigenvalue weighted by Crippen LogP contribution is -2.29. The number of carbonyl (C=O) groups is 2. The normalized spacial score (nSPS) is 12.2. The standard InChI is InChI=1S/C8H15NO3/c1-4-7(12-3)5-8(11)9(2)6-10/h6-7H,4-5H2,1-3H3. The van der Waals surface area contributed by atoms with Crippen LogP contribution in [-0.4, -0.2) is 37.5 Å². The maximum Gasteiger partial charge on any atom is 0.231 e. The summed E-state index contributed by atoms with van der Waals surface area (Å²) in [6.45, 7) is 1.93. The van der Waals surface area contributed by atoms with Gasteiger partial charge < -0.3 is 4.74 Å². The van der Waals surface area contributed by atoms with E-state index in [1.807, 2.05) is 6.92 Å². The number of carbonyl (C=O) groups excluding carboxylic acids is 2. The van der Waals surface area contributed by atoms with Crippen LogP contribution in [0.25, 0.3) is 0 Å². The molecule has 0 aliphatic heterocycles. The molecule has 1 atom stereocenters. The maximum atomic E-state index is 11.1. The highest BCUT2D eigenvalue weighted by Gasteiger charge is 2.13. The van der Waals surface area contributed by atoms with Gasteiger partial charge >= 0.3 is 0 Å². The molecule has 0 radical (unpaired) electrons. The Hall–Kier alpha value is -0.900. The van der Waals surface area contributed by atoms with Crippen molar-refractivity contribution in [3.63, 3.8) is 0 Å². The Balaban J connectivity index is 3.89. The monoisotopic (exact) mass is 173 g/mol. The van der Waals surface area contributed by atoms with Crippen LogP contribution in [0.4, 0.5) is 0 Å². The van der Waals surface area contributed by atoms with Crippen LogP contribution in [-0.2, 0) is 14.3 Å². The van der Waals surface area contributed by atoms with Gasteiger partial charge in [-0.05, 0) is 6.42 Å². The smallest absolute Gasteiger partial charge is 0.231 e. The molecule has 0 spiro atoms. The minimum atomic E-state index is -0.210. The second kappa shape index (κ2) is 5.71. The van der Waals surface area contributed by atoms with E-state index in [1.54, 1.807) is 7.11 Å². The number of methoxy groups -OCH3 is 1. The van der Waals surface area contributed by atoms with Crippen molar-refractivity contribution in [2.45, 2.75) is 25.9 Å². The second-order valence-electron chi connectivity index (χ2n) is 2.58. The summed E-state index contributed by atoms with van der Waals surface area (Å²) in [7, 11) is 3.00. The number of hydrogen-bond acceptors (Lipinski definition) is 3. The Morgan fingerprint density at radius 1 is 1.67 bits per heavy atom. The minimum Gasteiger partial charge on any atom is -0.381 e. The Labute approximate surface area is 72.5 Å². The first-order chi connectivity index (χ1) is 5.65. The molecule has 1 unspecified atom stereocenters. The first-order valence-corrected chi connectivity index (χ1v) is 3.89. The molecule has 0 fully saturated rings. The summed E-state index contributed by atoms with van der Waals surface area (Å²) in [4.78, 5) is 22.3. The van der Waals surface area contributed by atoms with Gasteiger partial charge in [0.25, 0.3) is 0 Å². The number of nitrogens with zero attached hydrogens (tertiary/aromatic N) is 1. The Morgan fingerprint density at radius 3 is 2.58 bits per heavy atom. The van der Waals surface area contributed by atoms with Gasteiger partial charge in [-0.3, -0.25) is 14.5 Å². The molecule has 0 saturated carbocycles. The van der Waals surface area contributed by atoms with E-state index in [0.717, 1.165) is 11.3 Å². The van der Waals surface area contributed by atoms with Crippen LogP contribution in [0.15, 0.2) is 0 Å². The third-order valence-electron chi connectivity index (χ3n) is 1.74. The fraction of sp³-hybridized carbons (Fsp3) is 0.750. The maximum absolute atomic E-state index is 11.1. The van der Waals surface area contributed by atoms with Crippen molar-refractivity contribution < 1.29 is 14.3 Å². The first-order valence-electron chi connectivity index (χ1n) is 3.89. The molecule has 0 aliphatic rings. The van der Waals surface area contributed by atoms with Gasteiger partial charge in [0.15, 0.2) is 0 Å². The lowest BCUT2D eigenvalue weighted by molar-refractivity contribution is -0.138. The fourth-order valence-electron chi connectivity index (χ4n) is 0.792. The van der Waals surface area contributed by atoms with Crippen LogP contribution in [0.2, 0.25) is 0 Å². The molecule has 0 aromatic heterocycles. The largest absolute Gasteiger partial charge is 0.381 e. The van der Waals surface area contributed by atoms with Gasteiger partial charge in [0, 0.05) is 14.2 Å². The highest BCUT2D eigenvalue weighted by atomic mass is 16.5. The van der Waals surface area contributed by atoms with Crippen LogP contribution < -0.4 is 0 Å². The summed E-state index contributed by atoms with van der Waals surface area (Å²) in [5.74, 6) is -0.210. The van der Waals surface area contributed by atoms with Gasteiger partial charge in [0.2, 0.25) is 12.3 Å². The fourth-order valence-corrected chi connectivity index (χ4v) is 0.792. The number of ether oxygens (including phenoxy) is 1. The van der Waals surface area contributed by atoms with Crippen LogP contribution in [0.1, 0.15) is 19.8 Å². The van der Waals surface area contributed by atoms with Crippen molar-refractivity contribution in [2.24, 2.45) is 0 Å². The number of imide groups is 1. The number of hydrogen-bond donors (Lipinski definition) is 0. The van der Waals surface area contributed by atoms with E-state index >= 15 is 0 Å². The summed E-state index contributed by atoms with van der Waals surface area (Å²) in [5.41, 5.74) is 0. The molecule has 0 bridgehead atoms. The minimum absolute atomic E-state index is 0.0834. The summed E-state index contributed by atoms with van der Waals surface area (Å²) < 4.78 is 5.00. The van der Waals surface area contributed by atoms with Crippen molar-refractivity contribution >= 4 is 12.3 Å². The van der Waals surface area contributed by atoms with Crippen molar-refractivity contribution in [3.8, 4) is 0 Å². The summed E-state index contributed by atoms with van der Waals surface area (Å²) in [5, 5.41) is 0. The van der Waals surface area contributed by atoms with Crippen LogP contribution >= 0.6 is 0 Å². The average molecular weight is 173 g/mol. The number of amides is 2. The molecule has 0 saturated heterocycles. The van der Waals surface area contributed by atoms with E-state index in [1.165, 1.54) is 7.05 Å². The summed E-state index contributed by atoms with van der Waals surface area (Å²) in [6.07, 6.45) is 1.46. The predicted molar refractivity (Wildman–Crippen MR) is 44.5 cm³/mol. The molecule has 12 heavy (non-hydrogen) atoms. The van der Waals surface area contributed by atoms with Crippen molar-refractivity contribution in [1.29, 1.82) is 0 Å². The first kappa shape index (κ1) is 11.1. The summed E-state index contributed by atoms with van der Waals surface area (Å²) in [6, 6.07) is 0. The van der Waals surface area contributed by atoms with E-state index in [0.29, 0.717) is 6.41 Å². The molecule has 0 heterocycles. The van der Waals surface area contributed by atoms with E-state index in [2.05, 4.69) is 0 Å². The van der Waals surface area contributed by atoms with E-state index in [4.69, 9.17) is 4.74 Å². The van der Waals surface area contributed by atoms with Gasteiger partial charge in [0.1, 0.15) is 0 Å². The predicted octanol–water partition coefficient (Wildman–Crippen LogP) is 0.416.